The number of nitrogens with zero attached hydrogens (tertiary/aromatic N) is 2. The van der Waals surface area contributed by atoms with Gasteiger partial charge in [0.2, 0.25) is 0 Å². The summed E-state index contributed by atoms with van der Waals surface area (Å²) in [5.74, 6) is 0. The van der Waals surface area contributed by atoms with Crippen molar-refractivity contribution < 1.29 is 0 Å². The number of hydrogen-bond donors (Lipinski definition) is 1. The highest BCUT2D eigenvalue weighted by atomic mass is 35.5. The van der Waals surface area contributed by atoms with Gasteiger partial charge in [-0.3, -0.25) is 0 Å². The molecule has 1 aromatic rings. The molecule has 0 radical (unpaired) electrons. The van der Waals surface area contributed by atoms with E-state index in [9.17, 15) is 0 Å². The molecule has 2 heterocycles. The van der Waals surface area contributed by atoms with E-state index in [2.05, 4.69) is 36.1 Å². The smallest absolute Gasteiger partial charge is 0.0940 e. The van der Waals surface area contributed by atoms with Gasteiger partial charge in [-0.1, -0.05) is 6.92 Å². The molecule has 1 fully saturated rings. The molecule has 0 saturated carbocycles. The Labute approximate surface area is 120 Å². The van der Waals surface area contributed by atoms with Gasteiger partial charge in [0.05, 0.1) is 5.01 Å². The molecule has 0 spiro atoms. The highest BCUT2D eigenvalue weighted by Gasteiger charge is 2.29. The maximum absolute atomic E-state index is 4.42. The van der Waals surface area contributed by atoms with Gasteiger partial charge in [0.25, 0.3) is 0 Å². The van der Waals surface area contributed by atoms with E-state index in [1.807, 2.05) is 17.5 Å². The number of aryl methyl sites for hydroxylation is 1. The van der Waals surface area contributed by atoms with Gasteiger partial charge in [-0.05, 0) is 32.4 Å². The lowest BCUT2D eigenvalue weighted by molar-refractivity contribution is 0.211. The van der Waals surface area contributed by atoms with E-state index >= 15 is 0 Å². The zero-order valence-corrected chi connectivity index (χ0v) is 13.2. The van der Waals surface area contributed by atoms with E-state index in [1.54, 1.807) is 0 Å². The van der Waals surface area contributed by atoms with Crippen LogP contribution in [0.1, 0.15) is 23.2 Å². The average molecular weight is 290 g/mol. The molecule has 104 valence electrons. The van der Waals surface area contributed by atoms with Gasteiger partial charge in [0.1, 0.15) is 0 Å². The highest BCUT2D eigenvalue weighted by Crippen LogP contribution is 2.25. The molecule has 1 aliphatic heterocycles. The number of rotatable bonds is 5. The van der Waals surface area contributed by atoms with Crippen LogP contribution >= 0.6 is 23.7 Å². The SMILES string of the molecule is Cc1cnc(CCN(C)CC2(C)CCNC2)s1.Cl. The molecule has 1 aliphatic rings. The minimum atomic E-state index is 0. The Kier molecular flexibility index (Phi) is 6.05. The molecule has 1 atom stereocenters. The van der Waals surface area contributed by atoms with E-state index in [1.165, 1.54) is 29.4 Å². The van der Waals surface area contributed by atoms with Crippen molar-refractivity contribution in [1.82, 2.24) is 15.2 Å². The molecule has 5 heteroatoms. The van der Waals surface area contributed by atoms with Gasteiger partial charge >= 0.3 is 0 Å². The number of thiazole rings is 1. The summed E-state index contributed by atoms with van der Waals surface area (Å²) in [6.45, 7) is 9.14. The lowest BCUT2D eigenvalue weighted by Crippen LogP contribution is -2.36. The van der Waals surface area contributed by atoms with E-state index < -0.39 is 0 Å². The summed E-state index contributed by atoms with van der Waals surface area (Å²) in [4.78, 5) is 8.18. The van der Waals surface area contributed by atoms with Crippen molar-refractivity contribution in [3.05, 3.63) is 16.1 Å². The molecule has 2 rings (SSSR count). The first-order chi connectivity index (χ1) is 8.07. The molecule has 0 aromatic carbocycles. The highest BCUT2D eigenvalue weighted by molar-refractivity contribution is 7.11. The number of nitrogens with one attached hydrogen (secondary N) is 1. The molecule has 0 amide bonds. The van der Waals surface area contributed by atoms with Crippen LogP contribution in [0.25, 0.3) is 0 Å². The van der Waals surface area contributed by atoms with Crippen LogP contribution < -0.4 is 5.32 Å². The molecule has 18 heavy (non-hydrogen) atoms. The maximum atomic E-state index is 4.42. The summed E-state index contributed by atoms with van der Waals surface area (Å²) < 4.78 is 0. The van der Waals surface area contributed by atoms with Crippen molar-refractivity contribution in [1.29, 1.82) is 0 Å². The third kappa shape index (κ3) is 4.50. The van der Waals surface area contributed by atoms with Gasteiger partial charge < -0.3 is 10.2 Å². The minimum absolute atomic E-state index is 0. The van der Waals surface area contributed by atoms with Crippen LogP contribution in [0.4, 0.5) is 0 Å². The first-order valence-corrected chi connectivity index (χ1v) is 7.20. The molecule has 1 aromatic heterocycles. The van der Waals surface area contributed by atoms with Crippen LogP contribution in [-0.2, 0) is 6.42 Å². The largest absolute Gasteiger partial charge is 0.316 e. The van der Waals surface area contributed by atoms with Crippen molar-refractivity contribution >= 4 is 23.7 Å². The Bertz CT molecular complexity index is 361. The molecule has 0 aliphatic carbocycles. The summed E-state index contributed by atoms with van der Waals surface area (Å²) >= 11 is 1.82. The second-order valence-corrected chi connectivity index (χ2v) is 6.91. The summed E-state index contributed by atoms with van der Waals surface area (Å²) in [6.07, 6.45) is 4.36. The van der Waals surface area contributed by atoms with E-state index in [-0.39, 0.29) is 12.4 Å². The number of hydrogen-bond acceptors (Lipinski definition) is 4. The third-order valence-corrected chi connectivity index (χ3v) is 4.46. The van der Waals surface area contributed by atoms with E-state index in [0.717, 1.165) is 19.5 Å². The zero-order valence-electron chi connectivity index (χ0n) is 11.5. The topological polar surface area (TPSA) is 28.2 Å². The number of aromatic nitrogens is 1. The van der Waals surface area contributed by atoms with E-state index in [4.69, 9.17) is 0 Å². The summed E-state index contributed by atoms with van der Waals surface area (Å²) in [6, 6.07) is 0. The van der Waals surface area contributed by atoms with Gasteiger partial charge in [-0.2, -0.15) is 0 Å². The predicted molar refractivity (Wildman–Crippen MR) is 80.9 cm³/mol. The van der Waals surface area contributed by atoms with Crippen LogP contribution in [0.5, 0.6) is 0 Å². The van der Waals surface area contributed by atoms with Gasteiger partial charge in [0.15, 0.2) is 0 Å². The van der Waals surface area contributed by atoms with Crippen LogP contribution in [0.3, 0.4) is 0 Å². The predicted octanol–water partition coefficient (Wildman–Crippen LogP) is 2.35. The van der Waals surface area contributed by atoms with Crippen molar-refractivity contribution in [3.8, 4) is 0 Å². The molecule has 1 N–H and O–H groups in total. The fourth-order valence-electron chi connectivity index (χ4n) is 2.54. The lowest BCUT2D eigenvalue weighted by atomic mass is 9.89. The molecule has 0 bridgehead atoms. The van der Waals surface area contributed by atoms with Crippen molar-refractivity contribution in [3.63, 3.8) is 0 Å². The van der Waals surface area contributed by atoms with Crippen LogP contribution in [0, 0.1) is 12.3 Å². The van der Waals surface area contributed by atoms with Crippen molar-refractivity contribution in [2.45, 2.75) is 26.7 Å². The molecule has 3 nitrogen and oxygen atoms in total. The Morgan fingerprint density at radius 3 is 2.89 bits per heavy atom. The Balaban J connectivity index is 0.00000162. The molecular formula is C13H24ClN3S. The minimum Gasteiger partial charge on any atom is -0.316 e. The number of halogens is 1. The van der Waals surface area contributed by atoms with E-state index in [0.29, 0.717) is 5.41 Å². The van der Waals surface area contributed by atoms with Gasteiger partial charge in [-0.15, -0.1) is 23.7 Å². The Morgan fingerprint density at radius 2 is 2.33 bits per heavy atom. The van der Waals surface area contributed by atoms with Gasteiger partial charge in [0, 0.05) is 37.1 Å². The van der Waals surface area contributed by atoms with Crippen molar-refractivity contribution in [2.24, 2.45) is 5.41 Å². The fourth-order valence-corrected chi connectivity index (χ4v) is 3.31. The van der Waals surface area contributed by atoms with Gasteiger partial charge in [-0.25, -0.2) is 4.98 Å². The van der Waals surface area contributed by atoms with Crippen LogP contribution in [0.15, 0.2) is 6.20 Å². The second kappa shape index (κ2) is 6.85. The lowest BCUT2D eigenvalue weighted by Gasteiger charge is -2.29. The average Bonchev–Trinajstić information content (AvgIpc) is 2.85. The maximum Gasteiger partial charge on any atom is 0.0940 e. The van der Waals surface area contributed by atoms with Crippen LogP contribution in [0.2, 0.25) is 0 Å². The monoisotopic (exact) mass is 289 g/mol. The summed E-state index contributed by atoms with van der Waals surface area (Å²) in [5, 5.41) is 4.73. The van der Waals surface area contributed by atoms with Crippen molar-refractivity contribution in [2.75, 3.05) is 33.2 Å². The number of likely N-dealkylation sites (N-methyl/N-ethyl adjacent to an activating group) is 1. The standard InChI is InChI=1S/C13H23N3S.ClH/c1-11-8-15-12(17-11)4-7-16(3)10-13(2)5-6-14-9-13;/h8,14H,4-7,9-10H2,1-3H3;1H. The fraction of sp³-hybridized carbons (Fsp3) is 0.769. The Morgan fingerprint density at radius 1 is 1.56 bits per heavy atom. The quantitative estimate of drug-likeness (QED) is 0.902. The summed E-state index contributed by atoms with van der Waals surface area (Å²) in [7, 11) is 2.23. The first-order valence-electron chi connectivity index (χ1n) is 6.38. The first kappa shape index (κ1) is 15.9. The third-order valence-electron chi connectivity index (χ3n) is 3.49. The molecule has 1 saturated heterocycles. The zero-order chi connectivity index (χ0) is 12.3. The normalized spacial score (nSPS) is 23.3. The van der Waals surface area contributed by atoms with Crippen LogP contribution in [-0.4, -0.2) is 43.1 Å². The Hall–Kier alpha value is -0.160. The second-order valence-electron chi connectivity index (χ2n) is 5.59. The molecular weight excluding hydrogens is 266 g/mol. The molecule has 1 unspecified atom stereocenters. The summed E-state index contributed by atoms with van der Waals surface area (Å²) in [5.41, 5.74) is 0.466.